The van der Waals surface area contributed by atoms with Crippen LogP contribution in [-0.4, -0.2) is 25.3 Å². The largest absolute Gasteiger partial charge is 0.377 e. The third-order valence-electron chi connectivity index (χ3n) is 1.23. The van der Waals surface area contributed by atoms with Gasteiger partial charge in [0.1, 0.15) is 0 Å². The third kappa shape index (κ3) is 6.05. The van der Waals surface area contributed by atoms with Gasteiger partial charge in [-0.15, -0.1) is 0 Å². The predicted octanol–water partition coefficient (Wildman–Crippen LogP) is 1.41. The minimum Gasteiger partial charge on any atom is -0.377 e. The van der Waals surface area contributed by atoms with Gasteiger partial charge < -0.3 is 10.1 Å². The van der Waals surface area contributed by atoms with Crippen molar-refractivity contribution < 1.29 is 4.74 Å². The van der Waals surface area contributed by atoms with Crippen LogP contribution in [0.4, 0.5) is 0 Å². The highest BCUT2D eigenvalue weighted by Crippen LogP contribution is 1.90. The van der Waals surface area contributed by atoms with Crippen molar-refractivity contribution in [2.75, 3.05) is 13.2 Å². The molecule has 1 N–H and O–H groups in total. The average Bonchev–Trinajstić information content (AvgIpc) is 1.85. The quantitative estimate of drug-likeness (QED) is 0.631. The van der Waals surface area contributed by atoms with Crippen molar-refractivity contribution in [2.24, 2.45) is 0 Å². The first-order chi connectivity index (χ1) is 4.66. The molecule has 0 spiro atoms. The van der Waals surface area contributed by atoms with Crippen molar-refractivity contribution in [1.82, 2.24) is 5.32 Å². The third-order valence-corrected chi connectivity index (χ3v) is 1.23. The molecule has 0 rings (SSSR count). The van der Waals surface area contributed by atoms with E-state index in [-0.39, 0.29) is 0 Å². The van der Waals surface area contributed by atoms with Crippen molar-refractivity contribution in [3.05, 3.63) is 0 Å². The molecule has 0 saturated heterocycles. The minimum absolute atomic E-state index is 0.348. The Kier molecular flexibility index (Phi) is 5.64. The van der Waals surface area contributed by atoms with Gasteiger partial charge in [0.05, 0.1) is 12.7 Å². The van der Waals surface area contributed by atoms with E-state index in [1.165, 1.54) is 0 Å². The standard InChI is InChI=1S/C8H19NO/c1-5-9-8(4)6-10-7(2)3/h7-9H,5-6H2,1-4H3. The minimum atomic E-state index is 0.348. The van der Waals surface area contributed by atoms with E-state index < -0.39 is 0 Å². The van der Waals surface area contributed by atoms with Crippen LogP contribution >= 0.6 is 0 Å². The number of nitrogens with one attached hydrogen (secondary N) is 1. The lowest BCUT2D eigenvalue weighted by Crippen LogP contribution is -2.31. The van der Waals surface area contributed by atoms with E-state index in [0.29, 0.717) is 12.1 Å². The summed E-state index contributed by atoms with van der Waals surface area (Å²) in [6.07, 6.45) is 0.348. The Labute approximate surface area is 64.0 Å². The summed E-state index contributed by atoms with van der Waals surface area (Å²) in [5, 5.41) is 3.28. The zero-order valence-corrected chi connectivity index (χ0v) is 7.48. The van der Waals surface area contributed by atoms with Gasteiger partial charge in [0, 0.05) is 6.04 Å². The van der Waals surface area contributed by atoms with Crippen LogP contribution in [0.1, 0.15) is 27.7 Å². The Morgan fingerprint density at radius 3 is 2.30 bits per heavy atom. The molecule has 0 aliphatic rings. The molecule has 0 heterocycles. The number of hydrogen-bond acceptors (Lipinski definition) is 2. The van der Waals surface area contributed by atoms with E-state index in [9.17, 15) is 0 Å². The van der Waals surface area contributed by atoms with E-state index in [1.54, 1.807) is 0 Å². The van der Waals surface area contributed by atoms with Gasteiger partial charge in [-0.2, -0.15) is 0 Å². The summed E-state index contributed by atoms with van der Waals surface area (Å²) >= 11 is 0. The van der Waals surface area contributed by atoms with E-state index >= 15 is 0 Å². The fourth-order valence-corrected chi connectivity index (χ4v) is 0.744. The lowest BCUT2D eigenvalue weighted by atomic mass is 10.3. The van der Waals surface area contributed by atoms with Gasteiger partial charge in [-0.1, -0.05) is 6.92 Å². The van der Waals surface area contributed by atoms with Crippen LogP contribution in [0, 0.1) is 0 Å². The molecule has 10 heavy (non-hydrogen) atoms. The molecular weight excluding hydrogens is 126 g/mol. The number of ether oxygens (including phenoxy) is 1. The Morgan fingerprint density at radius 1 is 1.30 bits per heavy atom. The monoisotopic (exact) mass is 145 g/mol. The number of rotatable bonds is 5. The molecule has 0 aromatic rings. The maximum atomic E-state index is 5.39. The molecule has 0 radical (unpaired) electrons. The summed E-state index contributed by atoms with van der Waals surface area (Å²) in [4.78, 5) is 0. The molecule has 2 nitrogen and oxygen atoms in total. The number of hydrogen-bond donors (Lipinski definition) is 1. The highest BCUT2D eigenvalue weighted by atomic mass is 16.5. The second-order valence-electron chi connectivity index (χ2n) is 2.84. The van der Waals surface area contributed by atoms with Gasteiger partial charge in [-0.05, 0) is 27.3 Å². The second kappa shape index (κ2) is 5.69. The summed E-state index contributed by atoms with van der Waals surface area (Å²) < 4.78 is 5.39. The molecule has 0 amide bonds. The SMILES string of the molecule is CCNC(C)COC(C)C. The van der Waals surface area contributed by atoms with Gasteiger partial charge in [-0.3, -0.25) is 0 Å². The van der Waals surface area contributed by atoms with Crippen molar-refractivity contribution in [3.63, 3.8) is 0 Å². The van der Waals surface area contributed by atoms with Gasteiger partial charge in [-0.25, -0.2) is 0 Å². The van der Waals surface area contributed by atoms with E-state index in [2.05, 4.69) is 33.0 Å². The van der Waals surface area contributed by atoms with Gasteiger partial charge >= 0.3 is 0 Å². The van der Waals surface area contributed by atoms with Crippen LogP contribution in [0.15, 0.2) is 0 Å². The molecule has 0 aliphatic heterocycles. The van der Waals surface area contributed by atoms with Crippen LogP contribution < -0.4 is 5.32 Å². The summed E-state index contributed by atoms with van der Waals surface area (Å²) in [6.45, 7) is 10.2. The van der Waals surface area contributed by atoms with Crippen LogP contribution in [0.2, 0.25) is 0 Å². The Bertz CT molecular complexity index is 73.7. The highest BCUT2D eigenvalue weighted by Gasteiger charge is 1.99. The highest BCUT2D eigenvalue weighted by molar-refractivity contribution is 4.56. The molecular formula is C8H19NO. The summed E-state index contributed by atoms with van der Waals surface area (Å²) in [5.74, 6) is 0. The Morgan fingerprint density at radius 2 is 1.90 bits per heavy atom. The Balaban J connectivity index is 3.12. The van der Waals surface area contributed by atoms with Crippen molar-refractivity contribution in [3.8, 4) is 0 Å². The molecule has 1 unspecified atom stereocenters. The van der Waals surface area contributed by atoms with Crippen molar-refractivity contribution in [2.45, 2.75) is 39.8 Å². The maximum Gasteiger partial charge on any atom is 0.0620 e. The van der Waals surface area contributed by atoms with Crippen molar-refractivity contribution in [1.29, 1.82) is 0 Å². The summed E-state index contributed by atoms with van der Waals surface area (Å²) in [7, 11) is 0. The Hall–Kier alpha value is -0.0800. The second-order valence-corrected chi connectivity index (χ2v) is 2.84. The molecule has 2 heteroatoms. The fourth-order valence-electron chi connectivity index (χ4n) is 0.744. The first-order valence-electron chi connectivity index (χ1n) is 4.01. The van der Waals surface area contributed by atoms with Crippen molar-refractivity contribution >= 4 is 0 Å². The molecule has 0 saturated carbocycles. The summed E-state index contributed by atoms with van der Waals surface area (Å²) in [6, 6.07) is 0.479. The van der Waals surface area contributed by atoms with E-state index in [0.717, 1.165) is 13.2 Å². The molecule has 62 valence electrons. The molecule has 0 bridgehead atoms. The van der Waals surface area contributed by atoms with Gasteiger partial charge in [0.2, 0.25) is 0 Å². The maximum absolute atomic E-state index is 5.39. The summed E-state index contributed by atoms with van der Waals surface area (Å²) in [5.41, 5.74) is 0. The van der Waals surface area contributed by atoms with Crippen LogP contribution in [0.25, 0.3) is 0 Å². The van der Waals surface area contributed by atoms with Crippen LogP contribution in [0.3, 0.4) is 0 Å². The fraction of sp³-hybridized carbons (Fsp3) is 1.00. The first-order valence-corrected chi connectivity index (χ1v) is 4.01. The molecule has 0 aliphatic carbocycles. The lowest BCUT2D eigenvalue weighted by Gasteiger charge is -2.14. The zero-order valence-electron chi connectivity index (χ0n) is 7.48. The molecule has 0 fully saturated rings. The first kappa shape index (κ1) is 9.92. The lowest BCUT2D eigenvalue weighted by molar-refractivity contribution is 0.0649. The molecule has 0 aromatic carbocycles. The van der Waals surface area contributed by atoms with Crippen LogP contribution in [0.5, 0.6) is 0 Å². The normalized spacial score (nSPS) is 14.1. The number of likely N-dealkylation sites (N-methyl/N-ethyl adjacent to an activating group) is 1. The average molecular weight is 145 g/mol. The van der Waals surface area contributed by atoms with E-state index in [1.807, 2.05) is 0 Å². The molecule has 1 atom stereocenters. The topological polar surface area (TPSA) is 21.3 Å². The zero-order chi connectivity index (χ0) is 7.98. The van der Waals surface area contributed by atoms with Gasteiger partial charge in [0.15, 0.2) is 0 Å². The molecule has 0 aromatic heterocycles. The predicted molar refractivity (Wildman–Crippen MR) is 44.2 cm³/mol. The van der Waals surface area contributed by atoms with Crippen LogP contribution in [-0.2, 0) is 4.74 Å². The van der Waals surface area contributed by atoms with E-state index in [4.69, 9.17) is 4.74 Å². The van der Waals surface area contributed by atoms with Gasteiger partial charge in [0.25, 0.3) is 0 Å². The smallest absolute Gasteiger partial charge is 0.0620 e.